The van der Waals surface area contributed by atoms with Crippen LogP contribution in [0.15, 0.2) is 12.2 Å². The molecule has 11 atom stereocenters. The lowest BCUT2D eigenvalue weighted by Gasteiger charge is -2.42. The minimum absolute atomic E-state index is 0.157. The summed E-state index contributed by atoms with van der Waals surface area (Å²) in [4.78, 5) is 25.3. The molecule has 2 fully saturated rings. The van der Waals surface area contributed by atoms with E-state index < -0.39 is 92.7 Å². The van der Waals surface area contributed by atoms with Crippen LogP contribution in [0.1, 0.15) is 136 Å². The van der Waals surface area contributed by atoms with Gasteiger partial charge in [0.05, 0.1) is 19.8 Å². The van der Waals surface area contributed by atoms with E-state index in [9.17, 15) is 45.3 Å². The molecule has 15 nitrogen and oxygen atoms in total. The standard InChI is InChI=1S/C40H72O15/c1-3-5-7-9-11-12-13-14-15-16-17-19-21-23-32(43)53-28(25-50-31(42)22-20-18-10-8-6-4-2)26-51-39-38(49)36(47)34(45)30(55-39)27-52-40-37(48)35(46)33(44)29(24-41)54-40/h12-13,28-30,33-41,44-49H,3-11,14-27H2,1-2H3/b13-12-. The van der Waals surface area contributed by atoms with Gasteiger partial charge in [-0.05, 0) is 38.5 Å². The number of rotatable bonds is 30. The molecular formula is C40H72O15. The topological polar surface area (TPSA) is 231 Å². The van der Waals surface area contributed by atoms with E-state index in [4.69, 9.17) is 28.4 Å². The number of aliphatic hydroxyl groups is 7. The fraction of sp³-hybridized carbons (Fsp3) is 0.900. The van der Waals surface area contributed by atoms with E-state index in [-0.39, 0.29) is 26.1 Å². The second-order valence-corrected chi connectivity index (χ2v) is 14.8. The lowest BCUT2D eigenvalue weighted by atomic mass is 9.98. The zero-order chi connectivity index (χ0) is 40.4. The van der Waals surface area contributed by atoms with Crippen molar-refractivity contribution in [3.8, 4) is 0 Å². The molecule has 2 rings (SSSR count). The quantitative estimate of drug-likeness (QED) is 0.0315. The summed E-state index contributed by atoms with van der Waals surface area (Å²) in [5.41, 5.74) is 0. The van der Waals surface area contributed by atoms with Gasteiger partial charge in [-0.1, -0.05) is 96.6 Å². The Morgan fingerprint density at radius 2 is 1.04 bits per heavy atom. The first-order chi connectivity index (χ1) is 26.5. The van der Waals surface area contributed by atoms with Gasteiger partial charge in [-0.25, -0.2) is 0 Å². The zero-order valence-electron chi connectivity index (χ0n) is 33.2. The summed E-state index contributed by atoms with van der Waals surface area (Å²) >= 11 is 0. The Balaban J connectivity index is 1.88. The normalized spacial score (nSPS) is 29.0. The van der Waals surface area contributed by atoms with Gasteiger partial charge >= 0.3 is 11.9 Å². The highest BCUT2D eigenvalue weighted by molar-refractivity contribution is 5.70. The molecule has 0 aromatic rings. The number of allylic oxidation sites excluding steroid dienone is 2. The van der Waals surface area contributed by atoms with Crippen LogP contribution in [0.5, 0.6) is 0 Å². The zero-order valence-corrected chi connectivity index (χ0v) is 33.2. The number of ether oxygens (including phenoxy) is 6. The molecule has 2 heterocycles. The van der Waals surface area contributed by atoms with Crippen molar-refractivity contribution in [1.82, 2.24) is 0 Å². The van der Waals surface area contributed by atoms with Crippen molar-refractivity contribution in [1.29, 1.82) is 0 Å². The van der Waals surface area contributed by atoms with Gasteiger partial charge in [0.15, 0.2) is 18.7 Å². The van der Waals surface area contributed by atoms with E-state index in [1.54, 1.807) is 0 Å². The molecule has 0 spiro atoms. The third-order valence-corrected chi connectivity index (χ3v) is 9.99. The fourth-order valence-electron chi connectivity index (χ4n) is 6.44. The van der Waals surface area contributed by atoms with Gasteiger partial charge in [-0.3, -0.25) is 9.59 Å². The van der Waals surface area contributed by atoms with Crippen molar-refractivity contribution in [2.24, 2.45) is 0 Å². The van der Waals surface area contributed by atoms with E-state index in [0.717, 1.165) is 70.6 Å². The van der Waals surface area contributed by atoms with Crippen molar-refractivity contribution in [2.75, 3.05) is 26.4 Å². The van der Waals surface area contributed by atoms with Gasteiger partial charge in [0, 0.05) is 12.8 Å². The molecule has 2 saturated heterocycles. The van der Waals surface area contributed by atoms with E-state index in [1.165, 1.54) is 25.7 Å². The Morgan fingerprint density at radius 1 is 0.564 bits per heavy atom. The minimum atomic E-state index is -1.76. The Hall–Kier alpha value is -1.76. The van der Waals surface area contributed by atoms with Crippen LogP contribution in [0.3, 0.4) is 0 Å². The maximum atomic E-state index is 12.8. The average Bonchev–Trinajstić information content (AvgIpc) is 3.18. The van der Waals surface area contributed by atoms with Crippen LogP contribution >= 0.6 is 0 Å². The second-order valence-electron chi connectivity index (χ2n) is 14.8. The van der Waals surface area contributed by atoms with Gasteiger partial charge in [-0.2, -0.15) is 0 Å². The fourth-order valence-corrected chi connectivity index (χ4v) is 6.44. The molecule has 322 valence electrons. The van der Waals surface area contributed by atoms with Crippen LogP contribution in [0, 0.1) is 0 Å². The Kier molecular flexibility index (Phi) is 26.4. The molecule has 2 aliphatic rings. The first-order valence-electron chi connectivity index (χ1n) is 20.8. The SMILES string of the molecule is CCCCCC/C=C\CCCCCCCC(=O)OC(COC(=O)CCCCCCCC)COC1OC(COC2OC(CO)C(O)C(O)C2O)C(O)C(O)C1O. The summed E-state index contributed by atoms with van der Waals surface area (Å²) < 4.78 is 33.2. The molecule has 2 aliphatic heterocycles. The van der Waals surface area contributed by atoms with E-state index in [1.807, 2.05) is 0 Å². The summed E-state index contributed by atoms with van der Waals surface area (Å²) in [5.74, 6) is -0.946. The number of aliphatic hydroxyl groups excluding tert-OH is 7. The summed E-state index contributed by atoms with van der Waals surface area (Å²) in [5, 5.41) is 71.5. The van der Waals surface area contributed by atoms with Gasteiger partial charge in [0.25, 0.3) is 0 Å². The van der Waals surface area contributed by atoms with Gasteiger partial charge in [-0.15, -0.1) is 0 Å². The summed E-state index contributed by atoms with van der Waals surface area (Å²) in [7, 11) is 0. The van der Waals surface area contributed by atoms with Crippen LogP contribution in [0.2, 0.25) is 0 Å². The molecule has 0 amide bonds. The minimum Gasteiger partial charge on any atom is -0.462 e. The Labute approximate surface area is 327 Å². The molecule has 0 aromatic heterocycles. The molecule has 11 unspecified atom stereocenters. The van der Waals surface area contributed by atoms with Crippen LogP contribution < -0.4 is 0 Å². The number of carbonyl (C=O) groups excluding carboxylic acids is 2. The highest BCUT2D eigenvalue weighted by Crippen LogP contribution is 2.26. The van der Waals surface area contributed by atoms with Crippen LogP contribution in [0.25, 0.3) is 0 Å². The third kappa shape index (κ3) is 19.5. The van der Waals surface area contributed by atoms with E-state index >= 15 is 0 Å². The first-order valence-corrected chi connectivity index (χ1v) is 20.8. The summed E-state index contributed by atoms with van der Waals surface area (Å²) in [6.45, 7) is 2.46. The Bertz CT molecular complexity index is 1030. The third-order valence-electron chi connectivity index (χ3n) is 9.99. The predicted molar refractivity (Wildman–Crippen MR) is 201 cm³/mol. The second kappa shape index (κ2) is 29.5. The molecule has 0 saturated carbocycles. The smallest absolute Gasteiger partial charge is 0.306 e. The van der Waals surface area contributed by atoms with Gasteiger partial charge < -0.3 is 64.2 Å². The average molecular weight is 793 g/mol. The summed E-state index contributed by atoms with van der Waals surface area (Å²) in [6, 6.07) is 0. The maximum absolute atomic E-state index is 12.8. The monoisotopic (exact) mass is 792 g/mol. The molecule has 7 N–H and O–H groups in total. The highest BCUT2D eigenvalue weighted by Gasteiger charge is 2.47. The van der Waals surface area contributed by atoms with E-state index in [2.05, 4.69) is 26.0 Å². The van der Waals surface area contributed by atoms with Crippen LogP contribution in [-0.2, 0) is 38.0 Å². The number of unbranched alkanes of at least 4 members (excludes halogenated alkanes) is 14. The molecule has 0 aliphatic carbocycles. The summed E-state index contributed by atoms with van der Waals surface area (Å²) in [6.07, 6.45) is 5.91. The lowest BCUT2D eigenvalue weighted by molar-refractivity contribution is -0.332. The molecule has 0 aromatic carbocycles. The molecular weight excluding hydrogens is 720 g/mol. The maximum Gasteiger partial charge on any atom is 0.306 e. The predicted octanol–water partition coefficient (Wildman–Crippen LogP) is 3.09. The van der Waals surface area contributed by atoms with Crippen LogP contribution in [0.4, 0.5) is 0 Å². The van der Waals surface area contributed by atoms with Gasteiger partial charge in [0.1, 0.15) is 55.4 Å². The number of hydrogen-bond donors (Lipinski definition) is 7. The van der Waals surface area contributed by atoms with Crippen LogP contribution in [-0.4, -0.2) is 142 Å². The number of esters is 2. The van der Waals surface area contributed by atoms with Crippen molar-refractivity contribution in [3.63, 3.8) is 0 Å². The molecule has 15 heteroatoms. The van der Waals surface area contributed by atoms with E-state index in [0.29, 0.717) is 12.8 Å². The number of hydrogen-bond acceptors (Lipinski definition) is 15. The Morgan fingerprint density at radius 3 is 1.62 bits per heavy atom. The number of carbonyl (C=O) groups is 2. The molecule has 55 heavy (non-hydrogen) atoms. The van der Waals surface area contributed by atoms with Crippen molar-refractivity contribution in [2.45, 2.75) is 203 Å². The lowest BCUT2D eigenvalue weighted by Crippen LogP contribution is -2.61. The largest absolute Gasteiger partial charge is 0.462 e. The van der Waals surface area contributed by atoms with Crippen molar-refractivity contribution in [3.05, 3.63) is 12.2 Å². The first kappa shape index (κ1) is 49.4. The molecule has 0 radical (unpaired) electrons. The van der Waals surface area contributed by atoms with Crippen molar-refractivity contribution < 1.29 is 73.8 Å². The molecule has 0 bridgehead atoms. The van der Waals surface area contributed by atoms with Gasteiger partial charge in [0.2, 0.25) is 0 Å². The highest BCUT2D eigenvalue weighted by atomic mass is 16.7. The van der Waals surface area contributed by atoms with Crippen molar-refractivity contribution >= 4 is 11.9 Å².